The zero-order valence-electron chi connectivity index (χ0n) is 23.4. The van der Waals surface area contributed by atoms with Crippen LogP contribution in [-0.2, 0) is 17.3 Å². The van der Waals surface area contributed by atoms with Crippen molar-refractivity contribution in [3.63, 3.8) is 0 Å². The molecule has 10 fully saturated rings. The van der Waals surface area contributed by atoms with Gasteiger partial charge in [0.05, 0.1) is 0 Å². The van der Waals surface area contributed by atoms with Crippen LogP contribution in [0.25, 0.3) is 0 Å². The van der Waals surface area contributed by atoms with Crippen molar-refractivity contribution in [3.8, 4) is 11.5 Å². The van der Waals surface area contributed by atoms with Crippen LogP contribution in [0.5, 0.6) is 11.5 Å². The summed E-state index contributed by atoms with van der Waals surface area (Å²) in [7, 11) is 1.75. The maximum absolute atomic E-state index is 11.5. The molecule has 10 aliphatic heterocycles. The summed E-state index contributed by atoms with van der Waals surface area (Å²) >= 11 is 4.43. The fraction of sp³-hybridized carbons (Fsp3) is 0.588. The number of ether oxygens (including phenoxy) is 1. The van der Waals surface area contributed by atoms with Crippen molar-refractivity contribution >= 4 is 15.9 Å². The Labute approximate surface area is 225 Å². The van der Waals surface area contributed by atoms with Crippen molar-refractivity contribution in [3.05, 3.63) is 69.2 Å². The van der Waals surface area contributed by atoms with Crippen LogP contribution in [0.2, 0.25) is 47.7 Å². The molecule has 10 heterocycles. The molecule has 5 unspecified atom stereocenters. The van der Waals surface area contributed by atoms with Crippen molar-refractivity contribution in [2.45, 2.75) is 106 Å². The molecule has 2 nitrogen and oxygen atoms in total. The number of benzene rings is 2. The molecule has 5 atom stereocenters. The van der Waals surface area contributed by atoms with Gasteiger partial charge in [0.25, 0.3) is 0 Å². The number of halogens is 1. The Morgan fingerprint density at radius 3 is 1.66 bits per heavy atom. The van der Waals surface area contributed by atoms with Crippen LogP contribution in [0.3, 0.4) is 0 Å². The SMILES string of the molecule is COc1ccc(C(C=C(Br)[C]23[CH]4[CH]5[CH]6[CH]2[Fe]56432789[CH]3[CH]2[CH]7[CH]8[CH]39)c2cc(C(C)(C)C)c(O)c(C(C)(C)C)c2)cc1. The summed E-state index contributed by atoms with van der Waals surface area (Å²) < 4.78 is 7.87. The predicted molar refractivity (Wildman–Crippen MR) is 154 cm³/mol. The fourth-order valence-electron chi connectivity index (χ4n) is 20.3. The van der Waals surface area contributed by atoms with Gasteiger partial charge in [-0.25, -0.2) is 0 Å². The summed E-state index contributed by atoms with van der Waals surface area (Å²) in [6.45, 7) is 10.1. The molecular weight excluding hydrogens is 576 g/mol. The molecular formula is C34H39BrFeO2. The topological polar surface area (TPSA) is 29.5 Å². The molecule has 10 aliphatic rings. The van der Waals surface area contributed by atoms with Crippen molar-refractivity contribution in [1.29, 1.82) is 0 Å². The van der Waals surface area contributed by atoms with Crippen molar-refractivity contribution in [2.75, 3.05) is 7.11 Å². The van der Waals surface area contributed by atoms with Crippen LogP contribution in [0.15, 0.2) is 47.0 Å². The molecule has 0 aromatic heterocycles. The number of rotatable bonds is 5. The van der Waals surface area contributed by atoms with Crippen LogP contribution >= 0.6 is 15.9 Å². The van der Waals surface area contributed by atoms with Gasteiger partial charge < -0.3 is 0 Å². The number of phenols is 1. The van der Waals surface area contributed by atoms with E-state index < -0.39 is 6.51 Å². The van der Waals surface area contributed by atoms with Gasteiger partial charge in [-0.1, -0.05) is 0 Å². The van der Waals surface area contributed by atoms with Crippen LogP contribution in [0, 0.1) is 0 Å². The Bertz CT molecular complexity index is 1870. The Morgan fingerprint density at radius 1 is 0.842 bits per heavy atom. The second-order valence-electron chi connectivity index (χ2n) is 18.9. The standard InChI is InChI=1S/C29H34BrO2.C5H5.Fe/c1-28(2,3)24-16-21(17-25(27(24)31)29(4,5)6)23(18-26(30)20-10-8-9-11-20)19-12-14-22(32-7)15-13-19;1-2-4-5-3-1;/h8-18,23,31H,1-7H3;1-5H;. The third kappa shape index (κ3) is 0.545. The number of fused-ring (bicyclic) bond motifs is 10. The Kier molecular flexibility index (Phi) is 1.61. The fourth-order valence-corrected chi connectivity index (χ4v) is 98.3. The van der Waals surface area contributed by atoms with E-state index in [1.165, 1.54) is 54.5 Å². The van der Waals surface area contributed by atoms with Gasteiger partial charge in [0.15, 0.2) is 0 Å². The molecule has 0 radical (unpaired) electrons. The van der Waals surface area contributed by atoms with E-state index in [1.807, 2.05) is 0 Å². The second kappa shape index (κ2) is 2.97. The first-order valence-corrected chi connectivity index (χ1v) is 21.8. The van der Waals surface area contributed by atoms with E-state index in [-0.39, 0.29) is 16.7 Å². The molecule has 202 valence electrons. The summed E-state index contributed by atoms with van der Waals surface area (Å²) in [6, 6.07) is 13.4. The van der Waals surface area contributed by atoms with E-state index >= 15 is 0 Å². The molecule has 2 aromatic rings. The molecule has 2 aromatic carbocycles. The molecule has 1 spiro atoms. The molecule has 12 rings (SSSR count). The van der Waals surface area contributed by atoms with Crippen LogP contribution in [-0.4, -0.2) is 12.2 Å². The van der Waals surface area contributed by atoms with Crippen molar-refractivity contribution in [2.24, 2.45) is 0 Å². The number of phenolic OH excluding ortho intramolecular Hbond substituents is 1. The number of hydrogen-bond acceptors (Lipinski definition) is 2. The van der Waals surface area contributed by atoms with E-state index in [9.17, 15) is 5.11 Å². The second-order valence-corrected chi connectivity index (χ2v) is 43.3. The molecule has 10 saturated heterocycles. The third-order valence-corrected chi connectivity index (χ3v) is 63.5. The predicted octanol–water partition coefficient (Wildman–Crippen LogP) is 10.2. The minimum absolute atomic E-state index is 0.139. The third-order valence-electron chi connectivity index (χ3n) is 19.9. The number of allylic oxidation sites excluding steroid dienone is 2. The molecule has 0 bridgehead atoms. The van der Waals surface area contributed by atoms with Crippen LogP contribution < -0.4 is 4.74 Å². The summed E-state index contributed by atoms with van der Waals surface area (Å²) in [4.78, 5) is 11.7. The maximum atomic E-state index is 11.5. The van der Waals surface area contributed by atoms with E-state index in [2.05, 4.69) is 99.9 Å². The van der Waals surface area contributed by atoms with E-state index in [0.29, 0.717) is 10.1 Å². The summed E-state index contributed by atoms with van der Waals surface area (Å²) in [6.07, 6.45) is 2.67. The van der Waals surface area contributed by atoms with Gasteiger partial charge in [-0.3, -0.25) is 0 Å². The van der Waals surface area contributed by atoms with Gasteiger partial charge in [-0.2, -0.15) is 0 Å². The van der Waals surface area contributed by atoms with Gasteiger partial charge in [-0.05, 0) is 0 Å². The normalized spacial score (nSPS) is 62.0. The van der Waals surface area contributed by atoms with Crippen LogP contribution in [0.4, 0.5) is 0 Å². The molecule has 38 heavy (non-hydrogen) atoms. The number of methoxy groups -OCH3 is 1. The first-order valence-electron chi connectivity index (χ1n) is 14.7. The first kappa shape index (κ1) is 20.6. The quantitative estimate of drug-likeness (QED) is 0.339. The molecule has 0 aliphatic carbocycles. The zero-order chi connectivity index (χ0) is 26.3. The monoisotopic (exact) mass is 614 g/mol. The van der Waals surface area contributed by atoms with Gasteiger partial charge >= 0.3 is 226 Å². The van der Waals surface area contributed by atoms with Gasteiger partial charge in [0, 0.05) is 0 Å². The number of hydrogen-bond donors (Lipinski definition) is 1. The van der Waals surface area contributed by atoms with E-state index in [0.717, 1.165) is 16.9 Å². The van der Waals surface area contributed by atoms with Crippen molar-refractivity contribution < 1.29 is 16.4 Å². The van der Waals surface area contributed by atoms with Gasteiger partial charge in [0.1, 0.15) is 0 Å². The summed E-state index contributed by atoms with van der Waals surface area (Å²) in [5.74, 6) is 1.54. The Morgan fingerprint density at radius 2 is 1.32 bits per heavy atom. The van der Waals surface area contributed by atoms with Crippen LogP contribution in [0.1, 0.15) is 69.7 Å². The summed E-state index contributed by atoms with van der Waals surface area (Å²) in [5.41, 5.74) is 4.46. The minimum atomic E-state index is -3.29. The molecule has 0 saturated carbocycles. The van der Waals surface area contributed by atoms with Crippen molar-refractivity contribution in [1.82, 2.24) is 0 Å². The molecule has 1 N–H and O–H groups in total. The average molecular weight is 615 g/mol. The Balaban J connectivity index is 1.08. The average Bonchev–Trinajstić information content (AvgIpc) is 3.79. The molecule has 0 amide bonds. The summed E-state index contributed by atoms with van der Waals surface area (Å²) in [5, 5.41) is 11.5. The van der Waals surface area contributed by atoms with Gasteiger partial charge in [0.2, 0.25) is 0 Å². The Hall–Kier alpha value is -1.22. The van der Waals surface area contributed by atoms with E-state index in [1.54, 1.807) is 11.6 Å². The molecule has 4 heteroatoms. The van der Waals surface area contributed by atoms with E-state index in [4.69, 9.17) is 4.74 Å². The zero-order valence-corrected chi connectivity index (χ0v) is 26.1. The number of aromatic hydroxyl groups is 1. The first-order chi connectivity index (χ1) is 17.6. The van der Waals surface area contributed by atoms with Gasteiger partial charge in [-0.15, -0.1) is 0 Å².